The van der Waals surface area contributed by atoms with E-state index in [4.69, 9.17) is 11.6 Å². The number of amides is 1. The maximum absolute atomic E-state index is 11.4. The number of guanidine groups is 1. The Bertz CT molecular complexity index is 306. The highest BCUT2D eigenvalue weighted by atomic mass is 16.1. The van der Waals surface area contributed by atoms with Gasteiger partial charge in [-0.3, -0.25) is 4.79 Å². The zero-order valence-electron chi connectivity index (χ0n) is 9.41. The van der Waals surface area contributed by atoms with E-state index in [1.54, 1.807) is 0 Å². The third-order valence-corrected chi connectivity index (χ3v) is 3.64. The summed E-state index contributed by atoms with van der Waals surface area (Å²) in [5.41, 5.74) is 5.66. The number of likely N-dealkylation sites (tertiary alicyclic amines) is 1. The number of nitrogens with two attached hydrogens (primary N) is 2. The van der Waals surface area contributed by atoms with Crippen molar-refractivity contribution in [1.82, 2.24) is 10.2 Å². The van der Waals surface area contributed by atoms with Gasteiger partial charge in [0.15, 0.2) is 0 Å². The molecule has 2 heterocycles. The van der Waals surface area contributed by atoms with Gasteiger partial charge >= 0.3 is 0 Å². The number of carbonyl (C=O) groups is 1. The zero-order chi connectivity index (χ0) is 11.6. The van der Waals surface area contributed by atoms with Crippen molar-refractivity contribution in [2.75, 3.05) is 13.1 Å². The maximum Gasteiger partial charge on any atom is 0.220 e. The number of hydrogen-bond donors (Lipinski definition) is 3. The van der Waals surface area contributed by atoms with Crippen LogP contribution < -0.4 is 16.9 Å². The molecule has 1 spiro atoms. The molecule has 0 atom stereocenters. The third-order valence-electron chi connectivity index (χ3n) is 3.64. The minimum absolute atomic E-state index is 0.000706. The van der Waals surface area contributed by atoms with Crippen LogP contribution in [0.4, 0.5) is 0 Å². The fourth-order valence-electron chi connectivity index (χ4n) is 2.63. The van der Waals surface area contributed by atoms with E-state index in [1.807, 2.05) is 4.90 Å². The van der Waals surface area contributed by atoms with Crippen molar-refractivity contribution < 1.29 is 4.79 Å². The number of hydrogen-bond acceptors (Lipinski definition) is 3. The lowest BCUT2D eigenvalue weighted by molar-refractivity contribution is -0.125. The lowest BCUT2D eigenvalue weighted by Gasteiger charge is -2.44. The summed E-state index contributed by atoms with van der Waals surface area (Å²) >= 11 is 0. The van der Waals surface area contributed by atoms with Gasteiger partial charge in [-0.25, -0.2) is 0 Å². The van der Waals surface area contributed by atoms with E-state index >= 15 is 0 Å². The van der Waals surface area contributed by atoms with E-state index in [0.29, 0.717) is 12.4 Å². The average molecular weight is 225 g/mol. The monoisotopic (exact) mass is 225 g/mol. The lowest BCUT2D eigenvalue weighted by atomic mass is 9.80. The quantitative estimate of drug-likeness (QED) is 0.220. The van der Waals surface area contributed by atoms with Crippen molar-refractivity contribution in [1.29, 1.82) is 0 Å². The second-order valence-corrected chi connectivity index (χ2v) is 4.66. The fourth-order valence-corrected chi connectivity index (χ4v) is 2.63. The normalized spacial score (nSPS) is 25.6. The molecule has 2 saturated heterocycles. The Morgan fingerprint density at radius 1 is 1.38 bits per heavy atom. The Labute approximate surface area is 95.0 Å². The molecule has 0 radical (unpaired) electrons. The first-order valence-corrected chi connectivity index (χ1v) is 5.74. The SMILES string of the molecule is N/N=C(\N)N1CCC2(CCCC(=O)N2)CC1. The molecule has 2 rings (SSSR count). The molecular formula is C10H19N5O. The summed E-state index contributed by atoms with van der Waals surface area (Å²) in [4.78, 5) is 13.4. The highest BCUT2D eigenvalue weighted by Gasteiger charge is 2.38. The Morgan fingerprint density at radius 3 is 2.62 bits per heavy atom. The summed E-state index contributed by atoms with van der Waals surface area (Å²) in [5, 5.41) is 6.63. The second-order valence-electron chi connectivity index (χ2n) is 4.66. The Balaban J connectivity index is 1.95. The first kappa shape index (κ1) is 11.0. The van der Waals surface area contributed by atoms with Crippen molar-refractivity contribution in [2.45, 2.75) is 37.6 Å². The van der Waals surface area contributed by atoms with Gasteiger partial charge in [0.05, 0.1) is 0 Å². The van der Waals surface area contributed by atoms with Crippen LogP contribution in [0.25, 0.3) is 0 Å². The number of nitrogens with zero attached hydrogens (tertiary/aromatic N) is 2. The molecule has 16 heavy (non-hydrogen) atoms. The van der Waals surface area contributed by atoms with Gasteiger partial charge in [0.1, 0.15) is 0 Å². The van der Waals surface area contributed by atoms with Crippen LogP contribution in [0.2, 0.25) is 0 Å². The molecule has 0 unspecified atom stereocenters. The van der Waals surface area contributed by atoms with Crippen LogP contribution in [-0.2, 0) is 4.79 Å². The highest BCUT2D eigenvalue weighted by Crippen LogP contribution is 2.30. The molecule has 90 valence electrons. The van der Waals surface area contributed by atoms with Gasteiger partial charge in [-0.15, -0.1) is 5.10 Å². The Kier molecular flexibility index (Phi) is 2.89. The summed E-state index contributed by atoms with van der Waals surface area (Å²) in [7, 11) is 0. The van der Waals surface area contributed by atoms with Crippen LogP contribution in [0.3, 0.4) is 0 Å². The molecule has 0 aromatic carbocycles. The van der Waals surface area contributed by atoms with Gasteiger partial charge in [-0.05, 0) is 25.7 Å². The molecule has 0 bridgehead atoms. The van der Waals surface area contributed by atoms with Gasteiger partial charge in [-0.1, -0.05) is 0 Å². The number of rotatable bonds is 0. The topological polar surface area (TPSA) is 96.7 Å². The summed E-state index contributed by atoms with van der Waals surface area (Å²) in [5.74, 6) is 5.71. The first-order valence-electron chi connectivity index (χ1n) is 5.74. The number of nitrogens with one attached hydrogen (secondary N) is 1. The first-order chi connectivity index (χ1) is 7.65. The van der Waals surface area contributed by atoms with Gasteiger partial charge in [0.25, 0.3) is 0 Å². The van der Waals surface area contributed by atoms with E-state index in [2.05, 4.69) is 10.4 Å². The van der Waals surface area contributed by atoms with Gasteiger partial charge < -0.3 is 21.8 Å². The molecular weight excluding hydrogens is 206 g/mol. The zero-order valence-corrected chi connectivity index (χ0v) is 9.41. The summed E-state index contributed by atoms with van der Waals surface area (Å²) in [6, 6.07) is 0. The lowest BCUT2D eigenvalue weighted by Crippen LogP contribution is -2.58. The minimum atomic E-state index is 0.000706. The van der Waals surface area contributed by atoms with E-state index in [1.165, 1.54) is 0 Å². The largest absolute Gasteiger partial charge is 0.368 e. The molecule has 0 aromatic rings. The standard InChI is InChI=1S/C10H19N5O/c11-9(14-12)15-6-4-10(5-7-15)3-1-2-8(16)13-10/h1-7,12H2,(H2,11,14)(H,13,16). The maximum atomic E-state index is 11.4. The van der Waals surface area contributed by atoms with Crippen LogP contribution in [0.1, 0.15) is 32.1 Å². The van der Waals surface area contributed by atoms with Crippen LogP contribution in [0.5, 0.6) is 0 Å². The molecule has 2 aliphatic rings. The Hall–Kier alpha value is -1.46. The predicted molar refractivity (Wildman–Crippen MR) is 61.3 cm³/mol. The molecule has 5 N–H and O–H groups in total. The molecule has 0 saturated carbocycles. The molecule has 6 heteroatoms. The molecule has 1 amide bonds. The van der Waals surface area contributed by atoms with Crippen LogP contribution in [0.15, 0.2) is 5.10 Å². The summed E-state index contributed by atoms with van der Waals surface area (Å²) in [6.07, 6.45) is 4.58. The highest BCUT2D eigenvalue weighted by molar-refractivity contribution is 5.79. The van der Waals surface area contributed by atoms with Crippen molar-refractivity contribution in [3.63, 3.8) is 0 Å². The smallest absolute Gasteiger partial charge is 0.220 e. The number of hydrazone groups is 1. The predicted octanol–water partition coefficient (Wildman–Crippen LogP) is -0.690. The summed E-state index contributed by atoms with van der Waals surface area (Å²) < 4.78 is 0. The van der Waals surface area contributed by atoms with E-state index in [-0.39, 0.29) is 11.4 Å². The molecule has 0 aliphatic carbocycles. The number of piperidine rings is 2. The minimum Gasteiger partial charge on any atom is -0.368 e. The van der Waals surface area contributed by atoms with Crippen molar-refractivity contribution in [3.05, 3.63) is 0 Å². The van der Waals surface area contributed by atoms with E-state index < -0.39 is 0 Å². The van der Waals surface area contributed by atoms with E-state index in [0.717, 1.165) is 38.8 Å². The van der Waals surface area contributed by atoms with Crippen molar-refractivity contribution in [3.8, 4) is 0 Å². The molecule has 2 fully saturated rings. The van der Waals surface area contributed by atoms with Gasteiger partial charge in [-0.2, -0.15) is 0 Å². The fraction of sp³-hybridized carbons (Fsp3) is 0.800. The van der Waals surface area contributed by atoms with Gasteiger partial charge in [0, 0.05) is 25.0 Å². The van der Waals surface area contributed by atoms with Crippen molar-refractivity contribution in [2.24, 2.45) is 16.7 Å². The molecule has 6 nitrogen and oxygen atoms in total. The van der Waals surface area contributed by atoms with Gasteiger partial charge in [0.2, 0.25) is 11.9 Å². The van der Waals surface area contributed by atoms with Crippen LogP contribution in [0, 0.1) is 0 Å². The van der Waals surface area contributed by atoms with E-state index in [9.17, 15) is 4.79 Å². The second kappa shape index (κ2) is 4.19. The molecule has 0 aromatic heterocycles. The Morgan fingerprint density at radius 2 is 2.06 bits per heavy atom. The third kappa shape index (κ3) is 2.05. The van der Waals surface area contributed by atoms with Crippen molar-refractivity contribution >= 4 is 11.9 Å². The van der Waals surface area contributed by atoms with Crippen LogP contribution >= 0.6 is 0 Å². The number of carbonyl (C=O) groups excluding carboxylic acids is 1. The average Bonchev–Trinajstić information content (AvgIpc) is 2.29. The van der Waals surface area contributed by atoms with Crippen LogP contribution in [-0.4, -0.2) is 35.4 Å². The summed E-state index contributed by atoms with van der Waals surface area (Å²) in [6.45, 7) is 1.62. The molecule has 2 aliphatic heterocycles.